The van der Waals surface area contributed by atoms with Gasteiger partial charge in [0.15, 0.2) is 5.96 Å². The molecule has 5 nitrogen and oxygen atoms in total. The highest BCUT2D eigenvalue weighted by molar-refractivity contribution is 5.79. The van der Waals surface area contributed by atoms with E-state index >= 15 is 0 Å². The van der Waals surface area contributed by atoms with Gasteiger partial charge in [-0.1, -0.05) is 12.1 Å². The molecule has 0 saturated heterocycles. The van der Waals surface area contributed by atoms with Gasteiger partial charge in [0.25, 0.3) is 0 Å². The lowest BCUT2D eigenvalue weighted by Gasteiger charge is -2.24. The van der Waals surface area contributed by atoms with Crippen molar-refractivity contribution in [3.05, 3.63) is 59.8 Å². The van der Waals surface area contributed by atoms with E-state index in [4.69, 9.17) is 9.41 Å². The Kier molecular flexibility index (Phi) is 6.16. The van der Waals surface area contributed by atoms with Gasteiger partial charge < -0.3 is 15.1 Å². The third-order valence-electron chi connectivity index (χ3n) is 5.13. The van der Waals surface area contributed by atoms with E-state index in [-0.39, 0.29) is 17.3 Å². The number of benzene rings is 1. The van der Waals surface area contributed by atoms with Crippen LogP contribution < -0.4 is 10.6 Å². The van der Waals surface area contributed by atoms with Crippen LogP contribution in [0.15, 0.2) is 52.1 Å². The number of rotatable bonds is 8. The van der Waals surface area contributed by atoms with Crippen LogP contribution in [0.25, 0.3) is 0 Å². The lowest BCUT2D eigenvalue weighted by molar-refractivity contribution is 0.258. The molecular weight excluding hydrogens is 343 g/mol. The van der Waals surface area contributed by atoms with Crippen LogP contribution >= 0.6 is 0 Å². The van der Waals surface area contributed by atoms with E-state index in [2.05, 4.69) is 15.5 Å². The summed E-state index contributed by atoms with van der Waals surface area (Å²) in [6.07, 6.45) is 3.79. The third-order valence-corrected chi connectivity index (χ3v) is 5.13. The first-order chi connectivity index (χ1) is 13.0. The number of nitrogens with zero attached hydrogens (tertiary/aromatic N) is 2. The van der Waals surface area contributed by atoms with Crippen molar-refractivity contribution in [2.45, 2.75) is 31.2 Å². The van der Waals surface area contributed by atoms with Crippen molar-refractivity contribution < 1.29 is 8.81 Å². The van der Waals surface area contributed by atoms with Crippen molar-refractivity contribution in [1.82, 2.24) is 15.5 Å². The SMILES string of the molecule is CCNC(=NCC1(c2cccc(F)c2)CC1)NCC(c1ccco1)N(C)C. The fourth-order valence-electron chi connectivity index (χ4n) is 3.29. The fourth-order valence-corrected chi connectivity index (χ4v) is 3.29. The van der Waals surface area contributed by atoms with E-state index in [0.717, 1.165) is 36.7 Å². The van der Waals surface area contributed by atoms with E-state index in [0.29, 0.717) is 13.1 Å². The first-order valence-corrected chi connectivity index (χ1v) is 9.52. The van der Waals surface area contributed by atoms with Crippen molar-refractivity contribution in [3.8, 4) is 0 Å². The lowest BCUT2D eigenvalue weighted by atomic mass is 9.96. The van der Waals surface area contributed by atoms with Gasteiger partial charge in [0, 0.05) is 18.5 Å². The van der Waals surface area contributed by atoms with E-state index < -0.39 is 0 Å². The average molecular weight is 372 g/mol. The molecule has 0 aliphatic heterocycles. The van der Waals surface area contributed by atoms with E-state index in [1.807, 2.05) is 39.2 Å². The molecule has 27 heavy (non-hydrogen) atoms. The molecule has 0 radical (unpaired) electrons. The Morgan fingerprint density at radius 1 is 1.26 bits per heavy atom. The maximum absolute atomic E-state index is 13.6. The van der Waals surface area contributed by atoms with Gasteiger partial charge in [-0.15, -0.1) is 0 Å². The van der Waals surface area contributed by atoms with E-state index in [9.17, 15) is 4.39 Å². The summed E-state index contributed by atoms with van der Waals surface area (Å²) in [7, 11) is 4.06. The van der Waals surface area contributed by atoms with Crippen LogP contribution in [0.2, 0.25) is 0 Å². The molecule has 1 aliphatic rings. The molecule has 146 valence electrons. The van der Waals surface area contributed by atoms with Gasteiger partial charge in [0.1, 0.15) is 11.6 Å². The highest BCUT2D eigenvalue weighted by Gasteiger charge is 2.44. The maximum Gasteiger partial charge on any atom is 0.191 e. The molecular formula is C21H29FN4O. The van der Waals surface area contributed by atoms with Crippen LogP contribution in [0, 0.1) is 5.82 Å². The Labute approximate surface area is 160 Å². The minimum absolute atomic E-state index is 0.0214. The summed E-state index contributed by atoms with van der Waals surface area (Å²) < 4.78 is 19.2. The Morgan fingerprint density at radius 2 is 2.07 bits per heavy atom. The monoisotopic (exact) mass is 372 g/mol. The molecule has 3 rings (SSSR count). The van der Waals surface area contributed by atoms with Gasteiger partial charge in [-0.3, -0.25) is 9.89 Å². The second-order valence-electron chi connectivity index (χ2n) is 7.36. The molecule has 0 amide bonds. The largest absolute Gasteiger partial charge is 0.468 e. The quantitative estimate of drug-likeness (QED) is 0.551. The summed E-state index contributed by atoms with van der Waals surface area (Å²) in [5, 5.41) is 6.72. The van der Waals surface area contributed by atoms with Gasteiger partial charge in [0.2, 0.25) is 0 Å². The summed E-state index contributed by atoms with van der Waals surface area (Å²) in [5.74, 6) is 1.51. The summed E-state index contributed by atoms with van der Waals surface area (Å²) in [6, 6.07) is 10.9. The number of halogens is 1. The molecule has 1 saturated carbocycles. The minimum Gasteiger partial charge on any atom is -0.468 e. The minimum atomic E-state index is -0.181. The number of guanidine groups is 1. The second kappa shape index (κ2) is 8.57. The Balaban J connectivity index is 1.66. The molecule has 1 fully saturated rings. The summed E-state index contributed by atoms with van der Waals surface area (Å²) in [5.41, 5.74) is 1.02. The molecule has 2 N–H and O–H groups in total. The van der Waals surface area contributed by atoms with Crippen molar-refractivity contribution in [3.63, 3.8) is 0 Å². The van der Waals surface area contributed by atoms with Crippen molar-refractivity contribution >= 4 is 5.96 Å². The molecule has 0 spiro atoms. The van der Waals surface area contributed by atoms with Gasteiger partial charge in [0.05, 0.1) is 18.8 Å². The van der Waals surface area contributed by atoms with Gasteiger partial charge >= 0.3 is 0 Å². The third kappa shape index (κ3) is 4.89. The average Bonchev–Trinajstić information content (AvgIpc) is 3.25. The molecule has 1 atom stereocenters. The Morgan fingerprint density at radius 3 is 2.67 bits per heavy atom. The molecule has 1 aliphatic carbocycles. The predicted octanol–water partition coefficient (Wildman–Crippen LogP) is 3.31. The van der Waals surface area contributed by atoms with Crippen molar-refractivity contribution in [2.75, 3.05) is 33.7 Å². The van der Waals surface area contributed by atoms with E-state index in [1.54, 1.807) is 18.4 Å². The maximum atomic E-state index is 13.6. The second-order valence-corrected chi connectivity index (χ2v) is 7.36. The number of aliphatic imine (C=N–C) groups is 1. The standard InChI is InChI=1S/C21H29FN4O/c1-4-23-20(24-14-18(26(2)3)19-9-6-12-27-19)25-15-21(10-11-21)16-7-5-8-17(22)13-16/h5-9,12-13,18H,4,10-11,14-15H2,1-3H3,(H2,23,24,25). The number of hydrogen-bond acceptors (Lipinski definition) is 3. The summed E-state index contributed by atoms with van der Waals surface area (Å²) in [4.78, 5) is 6.90. The fraction of sp³-hybridized carbons (Fsp3) is 0.476. The molecule has 6 heteroatoms. The zero-order chi connectivity index (χ0) is 19.3. The number of likely N-dealkylation sites (N-methyl/N-ethyl adjacent to an activating group) is 1. The molecule has 2 aromatic rings. The topological polar surface area (TPSA) is 52.8 Å². The molecule has 1 aromatic carbocycles. The summed E-state index contributed by atoms with van der Waals surface area (Å²) >= 11 is 0. The first-order valence-electron chi connectivity index (χ1n) is 9.52. The van der Waals surface area contributed by atoms with Gasteiger partial charge in [-0.05, 0) is 63.7 Å². The molecule has 0 bridgehead atoms. The van der Waals surface area contributed by atoms with Gasteiger partial charge in [-0.25, -0.2) is 4.39 Å². The number of furan rings is 1. The van der Waals surface area contributed by atoms with Crippen LogP contribution in [0.3, 0.4) is 0 Å². The number of hydrogen-bond donors (Lipinski definition) is 2. The van der Waals surface area contributed by atoms with Crippen LogP contribution in [-0.4, -0.2) is 44.6 Å². The normalized spacial score (nSPS) is 17.0. The van der Waals surface area contributed by atoms with Crippen molar-refractivity contribution in [1.29, 1.82) is 0 Å². The highest BCUT2D eigenvalue weighted by atomic mass is 19.1. The first kappa shape index (κ1) is 19.4. The van der Waals surface area contributed by atoms with Crippen LogP contribution in [0.4, 0.5) is 4.39 Å². The molecule has 1 unspecified atom stereocenters. The smallest absolute Gasteiger partial charge is 0.191 e. The van der Waals surface area contributed by atoms with Crippen LogP contribution in [0.5, 0.6) is 0 Å². The zero-order valence-electron chi connectivity index (χ0n) is 16.3. The van der Waals surface area contributed by atoms with E-state index in [1.165, 1.54) is 6.07 Å². The van der Waals surface area contributed by atoms with Crippen molar-refractivity contribution in [2.24, 2.45) is 4.99 Å². The Bertz CT molecular complexity index is 753. The lowest BCUT2D eigenvalue weighted by Crippen LogP contribution is -2.42. The number of nitrogens with one attached hydrogen (secondary N) is 2. The van der Waals surface area contributed by atoms with Crippen LogP contribution in [-0.2, 0) is 5.41 Å². The van der Waals surface area contributed by atoms with Gasteiger partial charge in [-0.2, -0.15) is 0 Å². The molecule has 1 heterocycles. The molecule has 1 aromatic heterocycles. The highest BCUT2D eigenvalue weighted by Crippen LogP contribution is 2.48. The Hall–Kier alpha value is -2.34. The van der Waals surface area contributed by atoms with Crippen LogP contribution in [0.1, 0.15) is 37.1 Å². The zero-order valence-corrected chi connectivity index (χ0v) is 16.3. The summed E-state index contributed by atoms with van der Waals surface area (Å²) in [6.45, 7) is 4.16. The predicted molar refractivity (Wildman–Crippen MR) is 106 cm³/mol.